The second kappa shape index (κ2) is 5.66. The van der Waals surface area contributed by atoms with Crippen molar-refractivity contribution < 1.29 is 9.32 Å². The summed E-state index contributed by atoms with van der Waals surface area (Å²) in [6.07, 6.45) is 1.36. The van der Waals surface area contributed by atoms with Crippen LogP contribution >= 0.6 is 0 Å². The molecule has 0 aliphatic carbocycles. The number of nitrogens with zero attached hydrogens (tertiary/aromatic N) is 3. The number of fused-ring (bicyclic) bond motifs is 1. The number of carbonyl (C=O) groups excluding carboxylic acids is 1. The van der Waals surface area contributed by atoms with Crippen molar-refractivity contribution in [1.82, 2.24) is 14.7 Å². The summed E-state index contributed by atoms with van der Waals surface area (Å²) in [5.41, 5.74) is 3.95. The molecule has 0 saturated carbocycles. The van der Waals surface area contributed by atoms with E-state index in [0.717, 1.165) is 22.4 Å². The first-order valence-electron chi connectivity index (χ1n) is 7.46. The minimum atomic E-state index is -0.306. The van der Waals surface area contributed by atoms with Gasteiger partial charge in [0.25, 0.3) is 5.91 Å². The van der Waals surface area contributed by atoms with Crippen LogP contribution in [-0.2, 0) is 7.05 Å². The summed E-state index contributed by atoms with van der Waals surface area (Å²) in [5, 5.41) is 6.39. The second-order valence-corrected chi connectivity index (χ2v) is 5.40. The minimum absolute atomic E-state index is 0.245. The Morgan fingerprint density at radius 2 is 1.88 bits per heavy atom. The Balaban J connectivity index is 1.61. The molecule has 24 heavy (non-hydrogen) atoms. The summed E-state index contributed by atoms with van der Waals surface area (Å²) >= 11 is 0. The molecule has 0 bridgehead atoms. The van der Waals surface area contributed by atoms with Gasteiger partial charge in [-0.2, -0.15) is 0 Å². The van der Waals surface area contributed by atoms with E-state index < -0.39 is 0 Å². The van der Waals surface area contributed by atoms with Gasteiger partial charge in [0.15, 0.2) is 5.69 Å². The van der Waals surface area contributed by atoms with Gasteiger partial charge in [0.1, 0.15) is 12.1 Å². The van der Waals surface area contributed by atoms with Crippen molar-refractivity contribution in [3.8, 4) is 11.4 Å². The molecule has 4 rings (SSSR count). The van der Waals surface area contributed by atoms with E-state index in [0.29, 0.717) is 5.69 Å². The number of para-hydroxylation sites is 2. The number of nitrogens with one attached hydrogen (secondary N) is 1. The van der Waals surface area contributed by atoms with Crippen LogP contribution < -0.4 is 5.32 Å². The Hall–Kier alpha value is -3.41. The molecule has 0 radical (unpaired) electrons. The van der Waals surface area contributed by atoms with E-state index in [-0.39, 0.29) is 11.6 Å². The van der Waals surface area contributed by atoms with Crippen molar-refractivity contribution in [2.45, 2.75) is 0 Å². The van der Waals surface area contributed by atoms with Crippen molar-refractivity contribution in [3.05, 3.63) is 66.6 Å². The lowest BCUT2D eigenvalue weighted by molar-refractivity contribution is 0.101. The zero-order chi connectivity index (χ0) is 16.5. The van der Waals surface area contributed by atoms with Gasteiger partial charge in [-0.15, -0.1) is 0 Å². The van der Waals surface area contributed by atoms with E-state index in [1.165, 1.54) is 12.3 Å². The van der Waals surface area contributed by atoms with Crippen molar-refractivity contribution in [2.75, 3.05) is 5.32 Å². The molecule has 118 valence electrons. The van der Waals surface area contributed by atoms with Gasteiger partial charge in [0.2, 0.25) is 0 Å². The summed E-state index contributed by atoms with van der Waals surface area (Å²) in [5.74, 6) is 0.574. The molecule has 0 saturated heterocycles. The highest BCUT2D eigenvalue weighted by Crippen LogP contribution is 2.24. The third kappa shape index (κ3) is 2.44. The fourth-order valence-corrected chi connectivity index (χ4v) is 2.63. The average molecular weight is 318 g/mol. The second-order valence-electron chi connectivity index (χ2n) is 5.40. The Bertz CT molecular complexity index is 1000. The molecule has 1 N–H and O–H groups in total. The van der Waals surface area contributed by atoms with Gasteiger partial charge in [0, 0.05) is 24.4 Å². The Morgan fingerprint density at radius 1 is 1.08 bits per heavy atom. The lowest BCUT2D eigenvalue weighted by atomic mass is 10.2. The normalized spacial score (nSPS) is 10.9. The smallest absolute Gasteiger partial charge is 0.277 e. The number of anilines is 1. The number of hydrogen-bond acceptors (Lipinski definition) is 4. The summed E-state index contributed by atoms with van der Waals surface area (Å²) < 4.78 is 6.72. The molecular weight excluding hydrogens is 304 g/mol. The van der Waals surface area contributed by atoms with Gasteiger partial charge in [-0.05, 0) is 36.4 Å². The molecule has 1 amide bonds. The van der Waals surface area contributed by atoms with Crippen LogP contribution in [0, 0.1) is 0 Å². The van der Waals surface area contributed by atoms with Crippen LogP contribution in [0.1, 0.15) is 10.5 Å². The van der Waals surface area contributed by atoms with Gasteiger partial charge < -0.3 is 14.4 Å². The van der Waals surface area contributed by atoms with Crippen LogP contribution in [0.25, 0.3) is 22.4 Å². The first kappa shape index (κ1) is 14.2. The molecule has 6 heteroatoms. The number of amides is 1. The predicted molar refractivity (Wildman–Crippen MR) is 90.6 cm³/mol. The molecule has 2 aromatic heterocycles. The lowest BCUT2D eigenvalue weighted by Gasteiger charge is -2.05. The number of hydrogen-bond donors (Lipinski definition) is 1. The number of carbonyl (C=O) groups is 1. The molecule has 4 aromatic rings. The molecule has 2 heterocycles. The minimum Gasteiger partial charge on any atom is -0.364 e. The van der Waals surface area contributed by atoms with Gasteiger partial charge >= 0.3 is 0 Å². The van der Waals surface area contributed by atoms with Gasteiger partial charge in [0.05, 0.1) is 11.0 Å². The molecule has 0 atom stereocenters. The third-order valence-corrected chi connectivity index (χ3v) is 3.86. The molecule has 0 fully saturated rings. The quantitative estimate of drug-likeness (QED) is 0.627. The van der Waals surface area contributed by atoms with Crippen LogP contribution in [0.2, 0.25) is 0 Å². The summed E-state index contributed by atoms with van der Waals surface area (Å²) in [7, 11) is 1.99. The molecule has 6 nitrogen and oxygen atoms in total. The summed E-state index contributed by atoms with van der Waals surface area (Å²) in [6, 6.07) is 17.1. The fourth-order valence-electron chi connectivity index (χ4n) is 2.63. The molecule has 2 aromatic carbocycles. The van der Waals surface area contributed by atoms with Crippen LogP contribution in [0.5, 0.6) is 0 Å². The van der Waals surface area contributed by atoms with Crippen LogP contribution in [0.4, 0.5) is 5.69 Å². The highest BCUT2D eigenvalue weighted by Gasteiger charge is 2.11. The average Bonchev–Trinajstić information content (AvgIpc) is 3.25. The van der Waals surface area contributed by atoms with Gasteiger partial charge in [-0.1, -0.05) is 17.3 Å². The number of benzene rings is 2. The van der Waals surface area contributed by atoms with E-state index in [9.17, 15) is 4.79 Å². The van der Waals surface area contributed by atoms with Crippen LogP contribution in [0.15, 0.2) is 65.4 Å². The topological polar surface area (TPSA) is 73.0 Å². The molecular formula is C18H14N4O2. The number of rotatable bonds is 3. The van der Waals surface area contributed by atoms with Crippen molar-refractivity contribution >= 4 is 22.6 Å². The number of aromatic nitrogens is 3. The third-order valence-electron chi connectivity index (χ3n) is 3.86. The number of aryl methyl sites for hydroxylation is 1. The molecule has 0 unspecified atom stereocenters. The van der Waals surface area contributed by atoms with Gasteiger partial charge in [-0.25, -0.2) is 4.98 Å². The summed E-state index contributed by atoms with van der Waals surface area (Å²) in [4.78, 5) is 16.6. The highest BCUT2D eigenvalue weighted by molar-refractivity contribution is 6.02. The van der Waals surface area contributed by atoms with E-state index in [4.69, 9.17) is 0 Å². The van der Waals surface area contributed by atoms with E-state index in [1.54, 1.807) is 0 Å². The first-order valence-corrected chi connectivity index (χ1v) is 7.46. The van der Waals surface area contributed by atoms with Gasteiger partial charge in [-0.3, -0.25) is 4.79 Å². The monoisotopic (exact) mass is 318 g/mol. The van der Waals surface area contributed by atoms with Crippen LogP contribution in [-0.4, -0.2) is 20.6 Å². The predicted octanol–water partition coefficient (Wildman–Crippen LogP) is 3.48. The Labute approximate surface area is 137 Å². The zero-order valence-electron chi connectivity index (χ0n) is 12.9. The molecule has 0 spiro atoms. The van der Waals surface area contributed by atoms with E-state index in [2.05, 4.69) is 24.5 Å². The summed E-state index contributed by atoms with van der Waals surface area (Å²) in [6.45, 7) is 0. The molecule has 0 aliphatic rings. The standard InChI is InChI=1S/C18H14N4O2/c1-22-16-5-3-2-4-14(16)20-17(22)12-6-8-13(9-7-12)19-18(23)15-10-11-24-21-15/h2-11H,1H3,(H,19,23). The fraction of sp³-hybridized carbons (Fsp3) is 0.0556. The maximum absolute atomic E-state index is 12.0. The number of imidazole rings is 1. The Kier molecular flexibility index (Phi) is 3.35. The first-order chi connectivity index (χ1) is 11.7. The maximum Gasteiger partial charge on any atom is 0.277 e. The van der Waals surface area contributed by atoms with E-state index >= 15 is 0 Å². The molecule has 0 aliphatic heterocycles. The van der Waals surface area contributed by atoms with Crippen molar-refractivity contribution in [2.24, 2.45) is 7.05 Å². The van der Waals surface area contributed by atoms with E-state index in [1.807, 2.05) is 55.6 Å². The van der Waals surface area contributed by atoms with Crippen molar-refractivity contribution in [1.29, 1.82) is 0 Å². The maximum atomic E-state index is 12.0. The van der Waals surface area contributed by atoms with Crippen molar-refractivity contribution in [3.63, 3.8) is 0 Å². The Morgan fingerprint density at radius 3 is 2.58 bits per heavy atom. The largest absolute Gasteiger partial charge is 0.364 e. The zero-order valence-corrected chi connectivity index (χ0v) is 12.9. The van der Waals surface area contributed by atoms with Crippen LogP contribution in [0.3, 0.4) is 0 Å². The lowest BCUT2D eigenvalue weighted by Crippen LogP contribution is -2.11. The highest BCUT2D eigenvalue weighted by atomic mass is 16.5. The SMILES string of the molecule is Cn1c(-c2ccc(NC(=O)c3ccon3)cc2)nc2ccccc21.